The van der Waals surface area contributed by atoms with Gasteiger partial charge in [0.25, 0.3) is 5.91 Å². The van der Waals surface area contributed by atoms with E-state index in [9.17, 15) is 4.79 Å². The minimum Gasteiger partial charge on any atom is -0.324 e. The number of hydrogen-bond acceptors (Lipinski definition) is 2. The summed E-state index contributed by atoms with van der Waals surface area (Å²) in [4.78, 5) is 12.2. The Labute approximate surface area is 155 Å². The lowest BCUT2D eigenvalue weighted by Crippen LogP contribution is -2.19. The number of rotatable bonds is 4. The fraction of sp³-hybridized carbons (Fsp3) is 0.0526. The van der Waals surface area contributed by atoms with Crippen LogP contribution < -0.4 is 5.43 Å². The van der Waals surface area contributed by atoms with Crippen molar-refractivity contribution in [1.29, 1.82) is 0 Å². The average Bonchev–Trinajstić information content (AvgIpc) is 3.14. The number of hydrazone groups is 1. The number of hydrogen-bond donors (Lipinski definition) is 1. The number of nitrogens with zero attached hydrogens (tertiary/aromatic N) is 2. The molecule has 126 valence electrons. The van der Waals surface area contributed by atoms with E-state index in [-0.39, 0.29) is 5.91 Å². The maximum absolute atomic E-state index is 12.2. The summed E-state index contributed by atoms with van der Waals surface area (Å²) in [6.45, 7) is 1.77. The molecule has 0 unspecified atom stereocenters. The fourth-order valence-corrected chi connectivity index (χ4v) is 2.88. The van der Waals surface area contributed by atoms with E-state index in [0.29, 0.717) is 26.9 Å². The normalized spacial score (nSPS) is 11.4. The molecule has 0 radical (unpaired) electrons. The fourth-order valence-electron chi connectivity index (χ4n) is 2.33. The number of aromatic nitrogens is 1. The number of carbonyl (C=O) groups excluding carboxylic acids is 1. The summed E-state index contributed by atoms with van der Waals surface area (Å²) in [5.41, 5.74) is 5.36. The molecule has 1 amide bonds. The Morgan fingerprint density at radius 2 is 1.72 bits per heavy atom. The van der Waals surface area contributed by atoms with Gasteiger partial charge < -0.3 is 4.57 Å². The molecule has 0 saturated carbocycles. The molecule has 25 heavy (non-hydrogen) atoms. The Hall–Kier alpha value is -2.56. The quantitative estimate of drug-likeness (QED) is 0.512. The highest BCUT2D eigenvalue weighted by Crippen LogP contribution is 2.21. The molecule has 0 aliphatic carbocycles. The molecule has 0 spiro atoms. The van der Waals surface area contributed by atoms with Gasteiger partial charge in [-0.3, -0.25) is 4.79 Å². The third kappa shape index (κ3) is 4.10. The van der Waals surface area contributed by atoms with Gasteiger partial charge >= 0.3 is 0 Å². The van der Waals surface area contributed by atoms with E-state index in [0.717, 1.165) is 5.69 Å². The first-order valence-electron chi connectivity index (χ1n) is 7.58. The van der Waals surface area contributed by atoms with Crippen molar-refractivity contribution in [2.45, 2.75) is 6.92 Å². The Morgan fingerprint density at radius 1 is 1.04 bits per heavy atom. The van der Waals surface area contributed by atoms with Crippen LogP contribution in [0, 0.1) is 0 Å². The molecule has 1 N–H and O–H groups in total. The summed E-state index contributed by atoms with van der Waals surface area (Å²) in [6.07, 6.45) is 3.89. The van der Waals surface area contributed by atoms with Crippen LogP contribution in [0.5, 0.6) is 0 Å². The molecular formula is C19H15Cl2N3O. The SMILES string of the molecule is C/C(=N\NC(=O)c1ccc(-n2cccc2)cc1)c1ccc(Cl)cc1Cl. The summed E-state index contributed by atoms with van der Waals surface area (Å²) in [7, 11) is 0. The van der Waals surface area contributed by atoms with Crippen molar-refractivity contribution in [2.24, 2.45) is 5.10 Å². The van der Waals surface area contributed by atoms with Gasteiger partial charge in [0.2, 0.25) is 0 Å². The van der Waals surface area contributed by atoms with Crippen LogP contribution in [-0.2, 0) is 0 Å². The van der Waals surface area contributed by atoms with Gasteiger partial charge in [0.1, 0.15) is 0 Å². The van der Waals surface area contributed by atoms with E-state index in [4.69, 9.17) is 23.2 Å². The number of nitrogens with one attached hydrogen (secondary N) is 1. The smallest absolute Gasteiger partial charge is 0.271 e. The van der Waals surface area contributed by atoms with Crippen LogP contribution in [0.2, 0.25) is 10.0 Å². The predicted molar refractivity (Wildman–Crippen MR) is 102 cm³/mol. The van der Waals surface area contributed by atoms with Crippen molar-refractivity contribution in [3.63, 3.8) is 0 Å². The lowest BCUT2D eigenvalue weighted by Gasteiger charge is -2.06. The average molecular weight is 372 g/mol. The van der Waals surface area contributed by atoms with E-state index in [1.165, 1.54) is 0 Å². The molecule has 3 rings (SSSR count). The lowest BCUT2D eigenvalue weighted by atomic mass is 10.1. The summed E-state index contributed by atoms with van der Waals surface area (Å²) in [5.74, 6) is -0.288. The minimum atomic E-state index is -0.288. The largest absolute Gasteiger partial charge is 0.324 e. The molecule has 3 aromatic rings. The van der Waals surface area contributed by atoms with Crippen LogP contribution in [0.25, 0.3) is 5.69 Å². The topological polar surface area (TPSA) is 46.4 Å². The van der Waals surface area contributed by atoms with Crippen molar-refractivity contribution in [3.05, 3.63) is 88.2 Å². The molecule has 0 saturated heterocycles. The van der Waals surface area contributed by atoms with Crippen molar-refractivity contribution in [3.8, 4) is 5.69 Å². The predicted octanol–water partition coefficient (Wildman–Crippen LogP) is 4.94. The van der Waals surface area contributed by atoms with Crippen molar-refractivity contribution >= 4 is 34.8 Å². The Bertz CT molecular complexity index is 916. The number of carbonyl (C=O) groups is 1. The van der Waals surface area contributed by atoms with Gasteiger partial charge in [-0.05, 0) is 55.5 Å². The zero-order valence-corrected chi connectivity index (χ0v) is 14.9. The van der Waals surface area contributed by atoms with Gasteiger partial charge in [-0.25, -0.2) is 5.43 Å². The van der Waals surface area contributed by atoms with Gasteiger partial charge in [0.05, 0.1) is 10.7 Å². The molecule has 0 bridgehead atoms. The van der Waals surface area contributed by atoms with E-state index in [1.807, 2.05) is 41.2 Å². The van der Waals surface area contributed by atoms with Gasteiger partial charge in [0, 0.05) is 34.2 Å². The first kappa shape index (κ1) is 17.3. The molecule has 1 aromatic heterocycles. The first-order valence-corrected chi connectivity index (χ1v) is 8.33. The number of halogens is 2. The van der Waals surface area contributed by atoms with Crippen molar-refractivity contribution < 1.29 is 4.79 Å². The summed E-state index contributed by atoms with van der Waals surface area (Å²) < 4.78 is 1.96. The van der Waals surface area contributed by atoms with E-state index in [2.05, 4.69) is 10.5 Å². The van der Waals surface area contributed by atoms with E-state index >= 15 is 0 Å². The van der Waals surface area contributed by atoms with Crippen LogP contribution in [-0.4, -0.2) is 16.2 Å². The Morgan fingerprint density at radius 3 is 2.36 bits per heavy atom. The van der Waals surface area contributed by atoms with Gasteiger partial charge in [0.15, 0.2) is 0 Å². The van der Waals surface area contributed by atoms with Crippen LogP contribution in [0.1, 0.15) is 22.8 Å². The highest BCUT2D eigenvalue weighted by Gasteiger charge is 2.08. The summed E-state index contributed by atoms with van der Waals surface area (Å²) >= 11 is 12.0. The molecule has 0 fully saturated rings. The molecule has 6 heteroatoms. The number of benzene rings is 2. The summed E-state index contributed by atoms with van der Waals surface area (Å²) in [6, 6.07) is 16.3. The molecule has 0 atom stereocenters. The first-order chi connectivity index (χ1) is 12.0. The zero-order valence-electron chi connectivity index (χ0n) is 13.4. The van der Waals surface area contributed by atoms with Crippen molar-refractivity contribution in [2.75, 3.05) is 0 Å². The zero-order chi connectivity index (χ0) is 17.8. The van der Waals surface area contributed by atoms with Crippen molar-refractivity contribution in [1.82, 2.24) is 9.99 Å². The van der Waals surface area contributed by atoms with Gasteiger partial charge in [-0.1, -0.05) is 29.3 Å². The van der Waals surface area contributed by atoms with Crippen LogP contribution in [0.4, 0.5) is 0 Å². The second-order valence-electron chi connectivity index (χ2n) is 5.40. The maximum atomic E-state index is 12.2. The van der Waals surface area contributed by atoms with Crippen LogP contribution >= 0.6 is 23.2 Å². The Kier molecular flexibility index (Phi) is 5.22. The van der Waals surface area contributed by atoms with Gasteiger partial charge in [-0.15, -0.1) is 0 Å². The second-order valence-corrected chi connectivity index (χ2v) is 6.24. The number of amides is 1. The lowest BCUT2D eigenvalue weighted by molar-refractivity contribution is 0.0955. The Balaban J connectivity index is 1.71. The van der Waals surface area contributed by atoms with Gasteiger partial charge in [-0.2, -0.15) is 5.10 Å². The van der Waals surface area contributed by atoms with Crippen LogP contribution in [0.3, 0.4) is 0 Å². The highest BCUT2D eigenvalue weighted by atomic mass is 35.5. The molecule has 1 heterocycles. The summed E-state index contributed by atoms with van der Waals surface area (Å²) in [5, 5.41) is 5.15. The molecule has 2 aromatic carbocycles. The van der Waals surface area contributed by atoms with E-state index in [1.54, 1.807) is 37.3 Å². The molecule has 0 aliphatic rings. The minimum absolute atomic E-state index is 0.288. The molecule has 4 nitrogen and oxygen atoms in total. The standard InChI is InChI=1S/C19H15Cl2N3O/c1-13(17-9-6-15(20)12-18(17)21)22-23-19(25)14-4-7-16(8-5-14)24-10-2-3-11-24/h2-12H,1H3,(H,23,25)/b22-13+. The van der Waals surface area contributed by atoms with Crippen LogP contribution in [0.15, 0.2) is 72.1 Å². The third-order valence-electron chi connectivity index (χ3n) is 3.68. The third-order valence-corrected chi connectivity index (χ3v) is 4.23. The second kappa shape index (κ2) is 7.55. The molecule has 0 aliphatic heterocycles. The maximum Gasteiger partial charge on any atom is 0.271 e. The highest BCUT2D eigenvalue weighted by molar-refractivity contribution is 6.37. The molecular weight excluding hydrogens is 357 g/mol. The van der Waals surface area contributed by atoms with E-state index < -0.39 is 0 Å². The monoisotopic (exact) mass is 371 g/mol.